The fourth-order valence-corrected chi connectivity index (χ4v) is 4.66. The van der Waals surface area contributed by atoms with Crippen LogP contribution in [0.15, 0.2) is 101 Å². The molecule has 30 heavy (non-hydrogen) atoms. The van der Waals surface area contributed by atoms with Gasteiger partial charge in [-0.1, -0.05) is 78.9 Å². The van der Waals surface area contributed by atoms with Crippen molar-refractivity contribution in [3.63, 3.8) is 0 Å². The number of aryl methyl sites for hydroxylation is 1. The molecular formula is C27H23NO2. The second-order valence-electron chi connectivity index (χ2n) is 7.79. The molecule has 0 bridgehead atoms. The maximum atomic E-state index is 12.2. The molecule has 0 N–H and O–H groups in total. The number of carbonyl (C=O) groups excluding carboxylic acids is 1. The van der Waals surface area contributed by atoms with Crippen molar-refractivity contribution in [2.24, 2.45) is 0 Å². The Bertz CT molecular complexity index is 1130. The molecule has 3 nitrogen and oxygen atoms in total. The van der Waals surface area contributed by atoms with Crippen LogP contribution in [0, 0.1) is 6.92 Å². The third kappa shape index (κ3) is 2.70. The number of rotatable bonds is 5. The zero-order valence-electron chi connectivity index (χ0n) is 17.1. The lowest BCUT2D eigenvalue weighted by Crippen LogP contribution is -2.17. The van der Waals surface area contributed by atoms with Crippen molar-refractivity contribution in [3.8, 4) is 0 Å². The number of Topliss-reactive ketones (excluding diaryl/α,β-unsaturated/α-hetero) is 1. The molecule has 0 saturated carbocycles. The molecule has 0 amide bonds. The predicted octanol–water partition coefficient (Wildman–Crippen LogP) is 6.30. The summed E-state index contributed by atoms with van der Waals surface area (Å²) in [6, 6.07) is 33.3. The Labute approximate surface area is 176 Å². The van der Waals surface area contributed by atoms with Gasteiger partial charge in [0.05, 0.1) is 11.6 Å². The van der Waals surface area contributed by atoms with Crippen LogP contribution in [0.5, 0.6) is 0 Å². The van der Waals surface area contributed by atoms with Gasteiger partial charge in [0, 0.05) is 5.69 Å². The van der Waals surface area contributed by atoms with Gasteiger partial charge in [-0.25, -0.2) is 0 Å². The zero-order chi connectivity index (χ0) is 20.7. The van der Waals surface area contributed by atoms with Crippen LogP contribution in [0.2, 0.25) is 0 Å². The number of hydrogen-bond acceptors (Lipinski definition) is 3. The van der Waals surface area contributed by atoms with Gasteiger partial charge < -0.3 is 9.32 Å². The molecule has 5 rings (SSSR count). The van der Waals surface area contributed by atoms with E-state index in [-0.39, 0.29) is 11.8 Å². The average Bonchev–Trinajstić information content (AvgIpc) is 3.34. The van der Waals surface area contributed by atoms with Gasteiger partial charge in [0.15, 0.2) is 5.78 Å². The summed E-state index contributed by atoms with van der Waals surface area (Å²) >= 11 is 0. The number of ketones is 1. The van der Waals surface area contributed by atoms with Crippen LogP contribution in [0.1, 0.15) is 46.0 Å². The molecule has 2 atom stereocenters. The maximum absolute atomic E-state index is 12.2. The normalized spacial score (nSPS) is 20.2. The standard InChI is InChI=1S/C27H23NO2/c1-19(29)24-18-25(30-20(24)2)27(22-14-8-4-9-15-22)26(21-12-6-3-7-13-21)28(27)23-16-10-5-11-17-23/h3-18,26H,1-2H3/t26-,27-,28?/m1/s1. The molecule has 0 aliphatic carbocycles. The van der Waals surface area contributed by atoms with Crippen LogP contribution in [-0.2, 0) is 5.54 Å². The Morgan fingerprint density at radius 1 is 0.867 bits per heavy atom. The van der Waals surface area contributed by atoms with E-state index in [9.17, 15) is 4.79 Å². The monoisotopic (exact) mass is 393 g/mol. The second kappa shape index (κ2) is 7.03. The summed E-state index contributed by atoms with van der Waals surface area (Å²) < 4.78 is 6.30. The average molecular weight is 393 g/mol. The summed E-state index contributed by atoms with van der Waals surface area (Å²) in [5, 5.41) is 0. The van der Waals surface area contributed by atoms with Crippen LogP contribution in [0.4, 0.5) is 5.69 Å². The molecule has 148 valence electrons. The van der Waals surface area contributed by atoms with Crippen molar-refractivity contribution in [3.05, 3.63) is 125 Å². The molecule has 1 aliphatic rings. The van der Waals surface area contributed by atoms with E-state index in [1.165, 1.54) is 5.56 Å². The van der Waals surface area contributed by atoms with Crippen LogP contribution in [0.25, 0.3) is 0 Å². The Morgan fingerprint density at radius 3 is 2.00 bits per heavy atom. The topological polar surface area (TPSA) is 33.2 Å². The van der Waals surface area contributed by atoms with Crippen LogP contribution in [-0.4, -0.2) is 5.78 Å². The molecule has 3 heteroatoms. The van der Waals surface area contributed by atoms with E-state index in [0.717, 1.165) is 17.0 Å². The third-order valence-corrected chi connectivity index (χ3v) is 6.00. The highest BCUT2D eigenvalue weighted by Crippen LogP contribution is 2.65. The van der Waals surface area contributed by atoms with Gasteiger partial charge in [0.2, 0.25) is 0 Å². The van der Waals surface area contributed by atoms with E-state index >= 15 is 0 Å². The predicted molar refractivity (Wildman–Crippen MR) is 119 cm³/mol. The number of nitrogens with zero attached hydrogens (tertiary/aromatic N) is 1. The third-order valence-electron chi connectivity index (χ3n) is 6.00. The molecule has 0 unspecified atom stereocenters. The number of furan rings is 1. The Balaban J connectivity index is 1.78. The Hall–Kier alpha value is -3.59. The molecule has 0 spiro atoms. The van der Waals surface area contributed by atoms with E-state index in [0.29, 0.717) is 11.3 Å². The first-order valence-corrected chi connectivity index (χ1v) is 10.2. The first-order valence-electron chi connectivity index (χ1n) is 10.2. The van der Waals surface area contributed by atoms with Crippen molar-refractivity contribution >= 4 is 11.5 Å². The fourth-order valence-electron chi connectivity index (χ4n) is 4.66. The summed E-state index contributed by atoms with van der Waals surface area (Å²) in [5.41, 5.74) is 3.61. The lowest BCUT2D eigenvalue weighted by molar-refractivity contribution is 0.101. The van der Waals surface area contributed by atoms with E-state index < -0.39 is 5.54 Å². The molecule has 0 radical (unpaired) electrons. The molecule has 1 fully saturated rings. The van der Waals surface area contributed by atoms with Gasteiger partial charge in [-0.3, -0.25) is 4.79 Å². The quantitative estimate of drug-likeness (QED) is 0.295. The van der Waals surface area contributed by atoms with Crippen molar-refractivity contribution in [2.75, 3.05) is 4.90 Å². The zero-order valence-corrected chi connectivity index (χ0v) is 17.1. The van der Waals surface area contributed by atoms with Crippen LogP contribution >= 0.6 is 0 Å². The number of hydrogen-bond donors (Lipinski definition) is 0. The lowest BCUT2D eigenvalue weighted by atomic mass is 9.89. The fraction of sp³-hybridized carbons (Fsp3) is 0.148. The van der Waals surface area contributed by atoms with Gasteiger partial charge in [0.25, 0.3) is 0 Å². The van der Waals surface area contributed by atoms with Crippen molar-refractivity contribution in [1.82, 2.24) is 0 Å². The molecular weight excluding hydrogens is 370 g/mol. The van der Waals surface area contributed by atoms with Gasteiger partial charge in [-0.05, 0) is 43.2 Å². The first kappa shape index (κ1) is 18.4. The second-order valence-corrected chi connectivity index (χ2v) is 7.79. The molecule has 2 heterocycles. The molecule has 3 aromatic carbocycles. The van der Waals surface area contributed by atoms with Crippen molar-refractivity contribution < 1.29 is 9.21 Å². The van der Waals surface area contributed by atoms with Gasteiger partial charge in [-0.2, -0.15) is 0 Å². The van der Waals surface area contributed by atoms with E-state index in [1.54, 1.807) is 6.92 Å². The SMILES string of the molecule is CC(=O)c1cc([C@]2(c3ccccc3)[C@@H](c3ccccc3)N2c2ccccc2)oc1C. The van der Waals surface area contributed by atoms with E-state index in [2.05, 4.69) is 77.7 Å². The first-order chi connectivity index (χ1) is 14.6. The molecule has 1 saturated heterocycles. The Morgan fingerprint density at radius 2 is 1.43 bits per heavy atom. The lowest BCUT2D eigenvalue weighted by Gasteiger charge is -2.17. The highest BCUT2D eigenvalue weighted by molar-refractivity contribution is 5.95. The number of benzene rings is 3. The summed E-state index contributed by atoms with van der Waals surface area (Å²) in [7, 11) is 0. The molecule has 4 aromatic rings. The minimum atomic E-state index is -0.511. The van der Waals surface area contributed by atoms with Crippen molar-refractivity contribution in [2.45, 2.75) is 25.4 Å². The smallest absolute Gasteiger partial charge is 0.163 e. The molecule has 1 aliphatic heterocycles. The summed E-state index contributed by atoms with van der Waals surface area (Å²) in [6.07, 6.45) is 0. The van der Waals surface area contributed by atoms with Gasteiger partial charge in [0.1, 0.15) is 17.1 Å². The van der Waals surface area contributed by atoms with Gasteiger partial charge >= 0.3 is 0 Å². The largest absolute Gasteiger partial charge is 0.463 e. The summed E-state index contributed by atoms with van der Waals surface area (Å²) in [6.45, 7) is 3.46. The van der Waals surface area contributed by atoms with Crippen molar-refractivity contribution in [1.29, 1.82) is 0 Å². The number of carbonyl (C=O) groups is 1. The number of para-hydroxylation sites is 1. The van der Waals surface area contributed by atoms with Crippen LogP contribution in [0.3, 0.4) is 0 Å². The maximum Gasteiger partial charge on any atom is 0.163 e. The summed E-state index contributed by atoms with van der Waals surface area (Å²) in [5.74, 6) is 1.49. The van der Waals surface area contributed by atoms with Crippen LogP contribution < -0.4 is 4.90 Å². The minimum Gasteiger partial charge on any atom is -0.463 e. The minimum absolute atomic E-state index is 0.0221. The van der Waals surface area contributed by atoms with Gasteiger partial charge in [-0.15, -0.1) is 0 Å². The van der Waals surface area contributed by atoms with E-state index in [1.807, 2.05) is 31.2 Å². The summed E-state index contributed by atoms with van der Waals surface area (Å²) in [4.78, 5) is 14.6. The highest BCUT2D eigenvalue weighted by atomic mass is 16.3. The van der Waals surface area contributed by atoms with E-state index in [4.69, 9.17) is 4.42 Å². The highest BCUT2D eigenvalue weighted by Gasteiger charge is 2.67. The molecule has 1 aromatic heterocycles. The Kier molecular flexibility index (Phi) is 4.32. The number of anilines is 1.